The van der Waals surface area contributed by atoms with E-state index in [1.807, 2.05) is 33.8 Å². The smallest absolute Gasteiger partial charge is 0.0594 e. The zero-order valence-electron chi connectivity index (χ0n) is 13.0. The Labute approximate surface area is 114 Å². The molecule has 0 spiro atoms. The van der Waals surface area contributed by atoms with Gasteiger partial charge in [-0.1, -0.05) is 53.0 Å². The van der Waals surface area contributed by atoms with Crippen LogP contribution >= 0.6 is 0 Å². The maximum Gasteiger partial charge on any atom is 0.0594 e. The number of rotatable bonds is 4. The second kappa shape index (κ2) is 14.2. The lowest BCUT2D eigenvalue weighted by atomic mass is 10.1. The molecule has 0 aromatic carbocycles. The van der Waals surface area contributed by atoms with E-state index in [1.165, 1.54) is 11.1 Å². The van der Waals surface area contributed by atoms with E-state index in [0.717, 1.165) is 32.8 Å². The first kappa shape index (κ1) is 19.5. The molecule has 1 aliphatic rings. The number of allylic oxidation sites excluding steroid dienone is 2. The van der Waals surface area contributed by atoms with Gasteiger partial charge in [-0.05, 0) is 18.1 Å². The zero-order valence-corrected chi connectivity index (χ0v) is 13.0. The van der Waals surface area contributed by atoms with Crippen molar-refractivity contribution in [3.63, 3.8) is 0 Å². The molecular weight excluding hydrogens is 222 g/mol. The second-order valence-corrected chi connectivity index (χ2v) is 3.58. The first-order valence-electron chi connectivity index (χ1n) is 7.01. The molecule has 2 nitrogen and oxygen atoms in total. The summed E-state index contributed by atoms with van der Waals surface area (Å²) in [5, 5.41) is 0. The Kier molecular flexibility index (Phi) is 15.4. The second-order valence-electron chi connectivity index (χ2n) is 3.58. The number of hydrogen-bond acceptors (Lipinski definition) is 2. The van der Waals surface area contributed by atoms with Gasteiger partial charge in [0.2, 0.25) is 0 Å². The summed E-state index contributed by atoms with van der Waals surface area (Å²) in [6, 6.07) is 0. The third-order valence-corrected chi connectivity index (χ3v) is 2.44. The maximum absolute atomic E-state index is 5.29. The van der Waals surface area contributed by atoms with Crippen LogP contribution in [0.1, 0.15) is 34.6 Å². The summed E-state index contributed by atoms with van der Waals surface area (Å²) in [6.45, 7) is 22.5. The highest BCUT2D eigenvalue weighted by molar-refractivity contribution is 5.30. The third-order valence-electron chi connectivity index (χ3n) is 2.44. The van der Waals surface area contributed by atoms with Crippen molar-refractivity contribution < 1.29 is 4.74 Å². The van der Waals surface area contributed by atoms with E-state index in [0.29, 0.717) is 0 Å². The van der Waals surface area contributed by atoms with Crippen LogP contribution < -0.4 is 0 Å². The van der Waals surface area contributed by atoms with E-state index in [4.69, 9.17) is 4.74 Å². The SMILES string of the molecule is C=C/C=C(/C)C(=C)CN1CCOCC1.CC.CC. The topological polar surface area (TPSA) is 12.5 Å². The van der Waals surface area contributed by atoms with Crippen molar-refractivity contribution in [1.82, 2.24) is 4.90 Å². The summed E-state index contributed by atoms with van der Waals surface area (Å²) in [6.07, 6.45) is 3.81. The van der Waals surface area contributed by atoms with Gasteiger partial charge >= 0.3 is 0 Å². The van der Waals surface area contributed by atoms with Crippen molar-refractivity contribution >= 4 is 0 Å². The summed E-state index contributed by atoms with van der Waals surface area (Å²) in [4.78, 5) is 2.37. The van der Waals surface area contributed by atoms with Crippen LogP contribution in [0.25, 0.3) is 0 Å². The molecule has 1 heterocycles. The third kappa shape index (κ3) is 9.20. The molecule has 0 unspecified atom stereocenters. The van der Waals surface area contributed by atoms with Crippen LogP contribution in [0.4, 0.5) is 0 Å². The molecule has 0 atom stereocenters. The Hall–Kier alpha value is -0.860. The largest absolute Gasteiger partial charge is 0.379 e. The van der Waals surface area contributed by atoms with E-state index in [1.54, 1.807) is 6.08 Å². The molecule has 0 aliphatic carbocycles. The lowest BCUT2D eigenvalue weighted by Crippen LogP contribution is -2.37. The lowest BCUT2D eigenvalue weighted by Gasteiger charge is -2.27. The molecular formula is C16H31NO. The maximum atomic E-state index is 5.29. The van der Waals surface area contributed by atoms with Gasteiger partial charge in [0.1, 0.15) is 0 Å². The predicted molar refractivity (Wildman–Crippen MR) is 83.0 cm³/mol. The normalized spacial score (nSPS) is 15.7. The molecule has 0 aromatic rings. The lowest BCUT2D eigenvalue weighted by molar-refractivity contribution is 0.0425. The van der Waals surface area contributed by atoms with Crippen LogP contribution in [0, 0.1) is 0 Å². The molecule has 0 N–H and O–H groups in total. The minimum atomic E-state index is 0.845. The van der Waals surface area contributed by atoms with Crippen molar-refractivity contribution in [2.45, 2.75) is 34.6 Å². The molecule has 0 bridgehead atoms. The number of hydrogen-bond donors (Lipinski definition) is 0. The van der Waals surface area contributed by atoms with Crippen molar-refractivity contribution in [3.05, 3.63) is 36.5 Å². The van der Waals surface area contributed by atoms with Gasteiger partial charge in [-0.2, -0.15) is 0 Å². The number of ether oxygens (including phenoxy) is 1. The molecule has 0 radical (unpaired) electrons. The molecule has 1 rings (SSSR count). The summed E-state index contributed by atoms with van der Waals surface area (Å²) >= 11 is 0. The average Bonchev–Trinajstić information content (AvgIpc) is 2.44. The fourth-order valence-electron chi connectivity index (χ4n) is 1.45. The van der Waals surface area contributed by atoms with Crippen molar-refractivity contribution in [3.8, 4) is 0 Å². The molecule has 106 valence electrons. The quantitative estimate of drug-likeness (QED) is 0.701. The molecule has 1 aliphatic heterocycles. The van der Waals surface area contributed by atoms with Gasteiger partial charge in [0.05, 0.1) is 13.2 Å². The van der Waals surface area contributed by atoms with Crippen molar-refractivity contribution in [2.24, 2.45) is 0 Å². The van der Waals surface area contributed by atoms with Gasteiger partial charge < -0.3 is 4.74 Å². The predicted octanol–water partition coefficient (Wildman–Crippen LogP) is 4.06. The highest BCUT2D eigenvalue weighted by Gasteiger charge is 2.11. The Bertz CT molecular complexity index is 237. The molecule has 0 aromatic heterocycles. The van der Waals surface area contributed by atoms with E-state index < -0.39 is 0 Å². The first-order valence-corrected chi connectivity index (χ1v) is 7.01. The van der Waals surface area contributed by atoms with Crippen LogP contribution in [0.15, 0.2) is 36.5 Å². The van der Waals surface area contributed by atoms with Crippen molar-refractivity contribution in [2.75, 3.05) is 32.8 Å². The molecule has 0 saturated carbocycles. The molecule has 1 saturated heterocycles. The van der Waals surface area contributed by atoms with Crippen LogP contribution in [-0.2, 0) is 4.74 Å². The van der Waals surface area contributed by atoms with Crippen molar-refractivity contribution in [1.29, 1.82) is 0 Å². The fourth-order valence-corrected chi connectivity index (χ4v) is 1.45. The number of morpholine rings is 1. The van der Waals surface area contributed by atoms with Crippen LogP contribution in [0.2, 0.25) is 0 Å². The molecule has 2 heteroatoms. The first-order chi connectivity index (χ1) is 8.74. The summed E-state index contributed by atoms with van der Waals surface area (Å²) in [5.41, 5.74) is 2.39. The molecule has 1 fully saturated rings. The highest BCUT2D eigenvalue weighted by atomic mass is 16.5. The van der Waals surface area contributed by atoms with E-state index in [9.17, 15) is 0 Å². The Morgan fingerprint density at radius 2 is 1.67 bits per heavy atom. The van der Waals surface area contributed by atoms with Gasteiger partial charge in [0.15, 0.2) is 0 Å². The van der Waals surface area contributed by atoms with Gasteiger partial charge in [-0.25, -0.2) is 0 Å². The molecule has 0 amide bonds. The number of nitrogens with zero attached hydrogens (tertiary/aromatic N) is 1. The highest BCUT2D eigenvalue weighted by Crippen LogP contribution is 2.10. The summed E-state index contributed by atoms with van der Waals surface area (Å²) < 4.78 is 5.29. The van der Waals surface area contributed by atoms with Gasteiger partial charge in [0.25, 0.3) is 0 Å². The van der Waals surface area contributed by atoms with Gasteiger partial charge in [-0.15, -0.1) is 0 Å². The van der Waals surface area contributed by atoms with Gasteiger partial charge in [0, 0.05) is 19.6 Å². The fraction of sp³-hybridized carbons (Fsp3) is 0.625. The summed E-state index contributed by atoms with van der Waals surface area (Å²) in [5.74, 6) is 0. The zero-order chi connectivity index (χ0) is 14.4. The van der Waals surface area contributed by atoms with Gasteiger partial charge in [-0.3, -0.25) is 4.90 Å². The summed E-state index contributed by atoms with van der Waals surface area (Å²) in [7, 11) is 0. The van der Waals surface area contributed by atoms with E-state index in [-0.39, 0.29) is 0 Å². The minimum Gasteiger partial charge on any atom is -0.379 e. The monoisotopic (exact) mass is 253 g/mol. The van der Waals surface area contributed by atoms with Crippen LogP contribution in [0.3, 0.4) is 0 Å². The Morgan fingerprint density at radius 1 is 1.17 bits per heavy atom. The van der Waals surface area contributed by atoms with Crippen LogP contribution in [0.5, 0.6) is 0 Å². The Morgan fingerprint density at radius 3 is 2.11 bits per heavy atom. The average molecular weight is 253 g/mol. The molecule has 18 heavy (non-hydrogen) atoms. The minimum absolute atomic E-state index is 0.845. The van der Waals surface area contributed by atoms with Crippen LogP contribution in [-0.4, -0.2) is 37.7 Å². The van der Waals surface area contributed by atoms with E-state index >= 15 is 0 Å². The Balaban J connectivity index is 0. The standard InChI is InChI=1S/C12H19NO.2C2H6/c1-4-5-11(2)12(3)10-13-6-8-14-9-7-13;2*1-2/h4-5H,1,3,6-10H2,2H3;2*1-2H3/b11-5-;;. The van der Waals surface area contributed by atoms with E-state index in [2.05, 4.69) is 25.0 Å².